The Balaban J connectivity index is 0. The second kappa shape index (κ2) is 12.7. The fourth-order valence-electron chi connectivity index (χ4n) is 1.27. The summed E-state index contributed by atoms with van der Waals surface area (Å²) in [5, 5.41) is 8.38. The minimum Gasteiger partial charge on any atom is -0.481 e. The molecule has 0 amide bonds. The van der Waals surface area contributed by atoms with E-state index in [4.69, 9.17) is 5.11 Å². The van der Waals surface area contributed by atoms with Crippen LogP contribution in [0.15, 0.2) is 12.7 Å². The van der Waals surface area contributed by atoms with Crippen molar-refractivity contribution in [2.24, 2.45) is 0 Å². The van der Waals surface area contributed by atoms with E-state index >= 15 is 0 Å². The Morgan fingerprint density at radius 2 is 1.57 bits per heavy atom. The molecule has 0 fully saturated rings. The topological polar surface area (TPSA) is 37.3 Å². The minimum absolute atomic E-state index is 0. The standard InChI is InChI=1S/C11H20O2.Mn/c1-2-3-4-5-6-7-8-9-10-11(12)13;/h2H,1,3-10H2,(H,12,13);. The maximum atomic E-state index is 10.2. The van der Waals surface area contributed by atoms with Crippen LogP contribution >= 0.6 is 0 Å². The molecule has 1 N–H and O–H groups in total. The SMILES string of the molecule is C=CCCCCCCCCC(=O)O.[Mn]. The number of allylic oxidation sites excluding steroid dienone is 1. The summed E-state index contributed by atoms with van der Waals surface area (Å²) >= 11 is 0. The monoisotopic (exact) mass is 239 g/mol. The summed E-state index contributed by atoms with van der Waals surface area (Å²) in [5.41, 5.74) is 0. The molecular weight excluding hydrogens is 219 g/mol. The molecule has 2 nitrogen and oxygen atoms in total. The largest absolute Gasteiger partial charge is 0.481 e. The molecule has 14 heavy (non-hydrogen) atoms. The van der Waals surface area contributed by atoms with Crippen LogP contribution in [0.25, 0.3) is 0 Å². The normalized spacial score (nSPS) is 9.14. The van der Waals surface area contributed by atoms with Crippen molar-refractivity contribution in [1.29, 1.82) is 0 Å². The zero-order chi connectivity index (χ0) is 9.94. The number of hydrogen-bond acceptors (Lipinski definition) is 1. The fraction of sp³-hybridized carbons (Fsp3) is 0.727. The van der Waals surface area contributed by atoms with Gasteiger partial charge in [-0.3, -0.25) is 4.79 Å². The van der Waals surface area contributed by atoms with Gasteiger partial charge in [-0.05, 0) is 19.3 Å². The van der Waals surface area contributed by atoms with Crippen LogP contribution in [-0.4, -0.2) is 11.1 Å². The molecule has 3 heteroatoms. The second-order valence-electron chi connectivity index (χ2n) is 3.34. The van der Waals surface area contributed by atoms with Gasteiger partial charge in [-0.2, -0.15) is 0 Å². The average Bonchev–Trinajstić information content (AvgIpc) is 2.09. The summed E-state index contributed by atoms with van der Waals surface area (Å²) in [6.07, 6.45) is 10.1. The van der Waals surface area contributed by atoms with Crippen molar-refractivity contribution in [2.45, 2.75) is 51.4 Å². The molecule has 0 aliphatic heterocycles. The molecule has 0 aromatic rings. The molecule has 0 spiro atoms. The summed E-state index contributed by atoms with van der Waals surface area (Å²) in [5.74, 6) is -0.674. The van der Waals surface area contributed by atoms with Gasteiger partial charge in [-0.25, -0.2) is 0 Å². The van der Waals surface area contributed by atoms with Crippen LogP contribution in [0.3, 0.4) is 0 Å². The van der Waals surface area contributed by atoms with E-state index in [1.165, 1.54) is 25.7 Å². The van der Waals surface area contributed by atoms with Gasteiger partial charge in [0.25, 0.3) is 0 Å². The number of carboxylic acid groups (broad SMARTS) is 1. The molecule has 0 aromatic heterocycles. The van der Waals surface area contributed by atoms with Gasteiger partial charge >= 0.3 is 5.97 Å². The van der Waals surface area contributed by atoms with Gasteiger partial charge in [-0.1, -0.05) is 31.8 Å². The van der Waals surface area contributed by atoms with Crippen molar-refractivity contribution >= 4 is 5.97 Å². The van der Waals surface area contributed by atoms with E-state index in [-0.39, 0.29) is 17.1 Å². The van der Waals surface area contributed by atoms with Crippen LogP contribution in [0.2, 0.25) is 0 Å². The van der Waals surface area contributed by atoms with Crippen molar-refractivity contribution < 1.29 is 27.0 Å². The van der Waals surface area contributed by atoms with Gasteiger partial charge in [0.05, 0.1) is 0 Å². The van der Waals surface area contributed by atoms with Crippen LogP contribution in [0.1, 0.15) is 51.4 Å². The van der Waals surface area contributed by atoms with Gasteiger partial charge < -0.3 is 5.11 Å². The Bertz CT molecular complexity index is 146. The third-order valence-electron chi connectivity index (χ3n) is 2.05. The first-order valence-corrected chi connectivity index (χ1v) is 5.10. The molecule has 83 valence electrons. The Morgan fingerprint density at radius 3 is 2.07 bits per heavy atom. The number of carbonyl (C=O) groups is 1. The fourth-order valence-corrected chi connectivity index (χ4v) is 1.27. The number of rotatable bonds is 9. The quantitative estimate of drug-likeness (QED) is 0.380. The molecule has 0 heterocycles. The Labute approximate surface area is 97.3 Å². The van der Waals surface area contributed by atoms with Gasteiger partial charge in [0.1, 0.15) is 0 Å². The Hall–Kier alpha value is -0.271. The molecule has 0 unspecified atom stereocenters. The van der Waals surface area contributed by atoms with Gasteiger partial charge in [0, 0.05) is 23.5 Å². The van der Waals surface area contributed by atoms with Crippen LogP contribution in [0, 0.1) is 0 Å². The first-order chi connectivity index (χ1) is 6.27. The van der Waals surface area contributed by atoms with Crippen molar-refractivity contribution in [3.63, 3.8) is 0 Å². The molecule has 0 aromatic carbocycles. The second-order valence-corrected chi connectivity index (χ2v) is 3.34. The molecular formula is C11H20MnO2. The molecule has 0 bridgehead atoms. The first kappa shape index (κ1) is 16.2. The van der Waals surface area contributed by atoms with Crippen LogP contribution in [0.5, 0.6) is 0 Å². The maximum absolute atomic E-state index is 10.2. The van der Waals surface area contributed by atoms with Gasteiger partial charge in [0.2, 0.25) is 0 Å². The average molecular weight is 239 g/mol. The van der Waals surface area contributed by atoms with Crippen molar-refractivity contribution in [1.82, 2.24) is 0 Å². The molecule has 1 radical (unpaired) electrons. The summed E-state index contributed by atoms with van der Waals surface area (Å²) in [6, 6.07) is 0. The van der Waals surface area contributed by atoms with E-state index in [1.807, 2.05) is 6.08 Å². The zero-order valence-corrected chi connectivity index (χ0v) is 9.86. The molecule has 0 atom stereocenters. The third-order valence-corrected chi connectivity index (χ3v) is 2.05. The number of unbranched alkanes of at least 4 members (excludes halogenated alkanes) is 6. The van der Waals surface area contributed by atoms with E-state index in [9.17, 15) is 4.79 Å². The van der Waals surface area contributed by atoms with Crippen molar-refractivity contribution in [3.05, 3.63) is 12.7 Å². The van der Waals surface area contributed by atoms with Crippen molar-refractivity contribution in [3.8, 4) is 0 Å². The van der Waals surface area contributed by atoms with Crippen LogP contribution in [-0.2, 0) is 21.9 Å². The third kappa shape index (κ3) is 14.3. The Kier molecular flexibility index (Phi) is 14.7. The van der Waals surface area contributed by atoms with E-state index in [0.717, 1.165) is 19.3 Å². The summed E-state index contributed by atoms with van der Waals surface area (Å²) in [6.45, 7) is 3.66. The van der Waals surface area contributed by atoms with E-state index < -0.39 is 5.97 Å². The summed E-state index contributed by atoms with van der Waals surface area (Å²) in [7, 11) is 0. The van der Waals surface area contributed by atoms with Crippen LogP contribution in [0.4, 0.5) is 0 Å². The van der Waals surface area contributed by atoms with E-state index in [0.29, 0.717) is 6.42 Å². The predicted octanol–water partition coefficient (Wildman–Crippen LogP) is 3.38. The number of carboxylic acids is 1. The minimum atomic E-state index is -0.674. The number of aliphatic carboxylic acids is 1. The molecule has 0 saturated carbocycles. The Morgan fingerprint density at radius 1 is 1.07 bits per heavy atom. The summed E-state index contributed by atoms with van der Waals surface area (Å²) in [4.78, 5) is 10.2. The molecule has 0 aliphatic carbocycles. The smallest absolute Gasteiger partial charge is 0.303 e. The van der Waals surface area contributed by atoms with E-state index in [2.05, 4.69) is 6.58 Å². The first-order valence-electron chi connectivity index (χ1n) is 5.10. The van der Waals surface area contributed by atoms with Crippen molar-refractivity contribution in [2.75, 3.05) is 0 Å². The summed E-state index contributed by atoms with van der Waals surface area (Å²) < 4.78 is 0. The van der Waals surface area contributed by atoms with Gasteiger partial charge in [0.15, 0.2) is 0 Å². The molecule has 0 aliphatic rings. The zero-order valence-electron chi connectivity index (χ0n) is 8.67. The predicted molar refractivity (Wildman–Crippen MR) is 54.8 cm³/mol. The molecule has 0 saturated heterocycles. The van der Waals surface area contributed by atoms with E-state index in [1.54, 1.807) is 0 Å². The maximum Gasteiger partial charge on any atom is 0.303 e. The number of hydrogen-bond donors (Lipinski definition) is 1. The molecule has 0 rings (SSSR count). The van der Waals surface area contributed by atoms with Crippen LogP contribution < -0.4 is 0 Å². The van der Waals surface area contributed by atoms with Gasteiger partial charge in [-0.15, -0.1) is 6.58 Å².